The Labute approximate surface area is 69.8 Å². The Hall–Kier alpha value is -0.830. The Kier molecular flexibility index (Phi) is 2.65. The lowest BCUT2D eigenvalue weighted by atomic mass is 10.4. The third kappa shape index (κ3) is 2.05. The maximum Gasteiger partial charge on any atom is 0.311 e. The lowest BCUT2D eigenvalue weighted by Crippen LogP contribution is -2.04. The summed E-state index contributed by atoms with van der Waals surface area (Å²) in [5.74, 6) is -0.171. The van der Waals surface area contributed by atoms with Crippen molar-refractivity contribution >= 4 is 17.3 Å². The third-order valence-corrected chi connectivity index (χ3v) is 2.20. The molecule has 0 aliphatic heterocycles. The van der Waals surface area contributed by atoms with Crippen molar-refractivity contribution in [3.8, 4) is 5.06 Å². The molecule has 0 radical (unpaired) electrons. The standard InChI is InChI=1S/C8H10O2S/c1-3-7(9)10-8-6(2)4-5-11-8/h4-5H,3H2,1-2H3. The van der Waals surface area contributed by atoms with Crippen LogP contribution in [0.5, 0.6) is 5.06 Å². The highest BCUT2D eigenvalue weighted by molar-refractivity contribution is 7.12. The fraction of sp³-hybridized carbons (Fsp3) is 0.375. The molecule has 0 spiro atoms. The molecule has 0 atom stereocenters. The van der Waals surface area contributed by atoms with E-state index in [9.17, 15) is 4.79 Å². The van der Waals surface area contributed by atoms with Crippen LogP contribution in [0.25, 0.3) is 0 Å². The zero-order chi connectivity index (χ0) is 8.27. The van der Waals surface area contributed by atoms with Crippen LogP contribution in [0.2, 0.25) is 0 Å². The molecule has 0 fully saturated rings. The summed E-state index contributed by atoms with van der Waals surface area (Å²) < 4.78 is 5.01. The smallest absolute Gasteiger partial charge is 0.311 e. The number of carbonyl (C=O) groups is 1. The Balaban J connectivity index is 2.64. The summed E-state index contributed by atoms with van der Waals surface area (Å²) in [7, 11) is 0. The molecule has 0 unspecified atom stereocenters. The quantitative estimate of drug-likeness (QED) is 0.637. The van der Waals surface area contributed by atoms with E-state index in [-0.39, 0.29) is 5.97 Å². The predicted molar refractivity (Wildman–Crippen MR) is 45.0 cm³/mol. The maximum atomic E-state index is 10.8. The van der Waals surface area contributed by atoms with E-state index in [0.29, 0.717) is 6.42 Å². The van der Waals surface area contributed by atoms with Crippen LogP contribution in [-0.2, 0) is 4.79 Å². The molecule has 2 nitrogen and oxygen atoms in total. The molecule has 1 heterocycles. The van der Waals surface area contributed by atoms with Gasteiger partial charge in [0.05, 0.1) is 0 Å². The third-order valence-electron chi connectivity index (χ3n) is 1.31. The minimum absolute atomic E-state index is 0.171. The van der Waals surface area contributed by atoms with Crippen LogP contribution >= 0.6 is 11.3 Å². The van der Waals surface area contributed by atoms with Gasteiger partial charge in [-0.15, -0.1) is 11.3 Å². The van der Waals surface area contributed by atoms with Crippen molar-refractivity contribution < 1.29 is 9.53 Å². The first-order valence-corrected chi connectivity index (χ1v) is 4.36. The number of thiophene rings is 1. The molecule has 1 aromatic rings. The van der Waals surface area contributed by atoms with Gasteiger partial charge in [-0.05, 0) is 18.4 Å². The largest absolute Gasteiger partial charge is 0.415 e. The lowest BCUT2D eigenvalue weighted by Gasteiger charge is -1.98. The summed E-state index contributed by atoms with van der Waals surface area (Å²) in [4.78, 5) is 10.8. The lowest BCUT2D eigenvalue weighted by molar-refractivity contribution is -0.133. The summed E-state index contributed by atoms with van der Waals surface area (Å²) in [6, 6.07) is 1.93. The SMILES string of the molecule is CCC(=O)Oc1sccc1C. The van der Waals surface area contributed by atoms with Gasteiger partial charge in [-0.1, -0.05) is 6.92 Å². The van der Waals surface area contributed by atoms with Crippen LogP contribution in [0.4, 0.5) is 0 Å². The van der Waals surface area contributed by atoms with Gasteiger partial charge in [0.25, 0.3) is 0 Å². The number of ether oxygens (including phenoxy) is 1. The van der Waals surface area contributed by atoms with Gasteiger partial charge in [0.1, 0.15) is 0 Å². The van der Waals surface area contributed by atoms with Gasteiger partial charge in [-0.2, -0.15) is 0 Å². The molecule has 3 heteroatoms. The molecule has 0 aromatic carbocycles. The molecule has 0 saturated heterocycles. The summed E-state index contributed by atoms with van der Waals surface area (Å²) in [6.45, 7) is 3.71. The Morgan fingerprint density at radius 1 is 1.73 bits per heavy atom. The molecule has 0 aliphatic carbocycles. The Morgan fingerprint density at radius 3 is 2.91 bits per heavy atom. The van der Waals surface area contributed by atoms with Crippen LogP contribution < -0.4 is 4.74 Å². The van der Waals surface area contributed by atoms with E-state index in [1.54, 1.807) is 6.92 Å². The number of hydrogen-bond donors (Lipinski definition) is 0. The summed E-state index contributed by atoms with van der Waals surface area (Å²) in [6.07, 6.45) is 0.428. The van der Waals surface area contributed by atoms with Gasteiger partial charge in [-0.25, -0.2) is 0 Å². The number of hydrogen-bond acceptors (Lipinski definition) is 3. The van der Waals surface area contributed by atoms with Crippen molar-refractivity contribution in [1.29, 1.82) is 0 Å². The number of carbonyl (C=O) groups excluding carboxylic acids is 1. The van der Waals surface area contributed by atoms with Gasteiger partial charge < -0.3 is 4.74 Å². The van der Waals surface area contributed by atoms with Crippen LogP contribution in [0.3, 0.4) is 0 Å². The maximum absolute atomic E-state index is 10.8. The zero-order valence-corrected chi connectivity index (χ0v) is 7.40. The molecule has 60 valence electrons. The van der Waals surface area contributed by atoms with Crippen molar-refractivity contribution in [3.63, 3.8) is 0 Å². The highest BCUT2D eigenvalue weighted by Crippen LogP contribution is 2.24. The first-order valence-electron chi connectivity index (χ1n) is 3.48. The first-order chi connectivity index (χ1) is 5.24. The van der Waals surface area contributed by atoms with Gasteiger partial charge in [0.2, 0.25) is 0 Å². The van der Waals surface area contributed by atoms with Crippen molar-refractivity contribution in [2.24, 2.45) is 0 Å². The summed E-state index contributed by atoms with van der Waals surface area (Å²) in [5.41, 5.74) is 1.02. The van der Waals surface area contributed by atoms with Crippen LogP contribution in [0, 0.1) is 6.92 Å². The molecule has 11 heavy (non-hydrogen) atoms. The molecule has 0 amide bonds. The monoisotopic (exact) mass is 170 g/mol. The van der Waals surface area contributed by atoms with Crippen molar-refractivity contribution in [1.82, 2.24) is 0 Å². The fourth-order valence-corrected chi connectivity index (χ4v) is 1.43. The molecular formula is C8H10O2S. The van der Waals surface area contributed by atoms with E-state index >= 15 is 0 Å². The topological polar surface area (TPSA) is 26.3 Å². The van der Waals surface area contributed by atoms with E-state index in [1.165, 1.54) is 11.3 Å². The van der Waals surface area contributed by atoms with E-state index in [4.69, 9.17) is 4.74 Å². The first kappa shape index (κ1) is 8.27. The Morgan fingerprint density at radius 2 is 2.45 bits per heavy atom. The van der Waals surface area contributed by atoms with E-state index in [0.717, 1.165) is 10.6 Å². The molecule has 0 saturated carbocycles. The summed E-state index contributed by atoms with van der Waals surface area (Å²) >= 11 is 1.45. The molecule has 0 aliphatic rings. The number of aryl methyl sites for hydroxylation is 1. The zero-order valence-electron chi connectivity index (χ0n) is 6.59. The minimum atomic E-state index is -0.171. The van der Waals surface area contributed by atoms with Crippen LogP contribution in [-0.4, -0.2) is 5.97 Å². The minimum Gasteiger partial charge on any atom is -0.415 e. The van der Waals surface area contributed by atoms with Crippen LogP contribution in [0.15, 0.2) is 11.4 Å². The van der Waals surface area contributed by atoms with Gasteiger partial charge in [0.15, 0.2) is 5.06 Å². The normalized spacial score (nSPS) is 9.64. The fourth-order valence-electron chi connectivity index (χ4n) is 0.639. The molecular weight excluding hydrogens is 160 g/mol. The van der Waals surface area contributed by atoms with Gasteiger partial charge >= 0.3 is 5.97 Å². The summed E-state index contributed by atoms with van der Waals surface area (Å²) in [5, 5.41) is 2.63. The van der Waals surface area contributed by atoms with Gasteiger partial charge in [-0.3, -0.25) is 4.79 Å². The molecule has 1 rings (SSSR count). The number of esters is 1. The second-order valence-electron chi connectivity index (χ2n) is 2.22. The number of rotatable bonds is 2. The predicted octanol–water partition coefficient (Wildman–Crippen LogP) is 2.37. The van der Waals surface area contributed by atoms with E-state index < -0.39 is 0 Å². The average molecular weight is 170 g/mol. The van der Waals surface area contributed by atoms with Gasteiger partial charge in [0, 0.05) is 12.0 Å². The van der Waals surface area contributed by atoms with E-state index in [1.807, 2.05) is 18.4 Å². The second kappa shape index (κ2) is 3.53. The molecule has 0 N–H and O–H groups in total. The van der Waals surface area contributed by atoms with Crippen molar-refractivity contribution in [3.05, 3.63) is 17.0 Å². The van der Waals surface area contributed by atoms with Crippen molar-refractivity contribution in [2.45, 2.75) is 20.3 Å². The average Bonchev–Trinajstić information content (AvgIpc) is 2.37. The Bertz CT molecular complexity index is 252. The highest BCUT2D eigenvalue weighted by atomic mass is 32.1. The van der Waals surface area contributed by atoms with Crippen LogP contribution in [0.1, 0.15) is 18.9 Å². The molecule has 1 aromatic heterocycles. The molecule has 0 bridgehead atoms. The highest BCUT2D eigenvalue weighted by Gasteiger charge is 2.04. The van der Waals surface area contributed by atoms with E-state index in [2.05, 4.69) is 0 Å². The second-order valence-corrected chi connectivity index (χ2v) is 3.10. The van der Waals surface area contributed by atoms with Crippen molar-refractivity contribution in [2.75, 3.05) is 0 Å².